The van der Waals surface area contributed by atoms with Gasteiger partial charge in [-0.3, -0.25) is 0 Å². The molecular formula is C53H86O19. The first-order valence-corrected chi connectivity index (χ1v) is 26.6. The third-order valence-electron chi connectivity index (χ3n) is 18.9. The van der Waals surface area contributed by atoms with Crippen molar-refractivity contribution in [2.24, 2.45) is 28.6 Å². The summed E-state index contributed by atoms with van der Waals surface area (Å²) >= 11 is 0. The van der Waals surface area contributed by atoms with Gasteiger partial charge in [0.05, 0.1) is 61.0 Å². The van der Waals surface area contributed by atoms with E-state index in [0.717, 1.165) is 25.7 Å². The van der Waals surface area contributed by atoms with E-state index in [4.69, 9.17) is 56.8 Å². The maximum absolute atomic E-state index is 12.8. The topological polar surface area (TPSA) is 249 Å². The van der Waals surface area contributed by atoms with Crippen molar-refractivity contribution >= 4 is 5.97 Å². The molecule has 4 aliphatic heterocycles. The lowest BCUT2D eigenvalue weighted by Gasteiger charge is -2.63. The zero-order valence-corrected chi connectivity index (χ0v) is 44.2. The van der Waals surface area contributed by atoms with Crippen LogP contribution in [0.1, 0.15) is 120 Å². The van der Waals surface area contributed by atoms with Crippen molar-refractivity contribution in [1.29, 1.82) is 0 Å². The minimum atomic E-state index is -1.59. The van der Waals surface area contributed by atoms with Gasteiger partial charge in [0.1, 0.15) is 48.8 Å². The second-order valence-corrected chi connectivity index (χ2v) is 22.6. The van der Waals surface area contributed by atoms with Crippen LogP contribution in [0.4, 0.5) is 0 Å². The number of fused-ring (bicyclic) bond motifs is 5. The normalized spacial score (nSPS) is 50.3. The highest BCUT2D eigenvalue weighted by Crippen LogP contribution is 2.68. The zero-order chi connectivity index (χ0) is 52.2. The van der Waals surface area contributed by atoms with Gasteiger partial charge in [0, 0.05) is 57.5 Å². The van der Waals surface area contributed by atoms with E-state index in [9.17, 15) is 35.4 Å². The fraction of sp³-hybridized carbons (Fsp3) is 0.906. The highest BCUT2D eigenvalue weighted by Gasteiger charge is 2.70. The quantitative estimate of drug-likeness (QED) is 0.0782. The van der Waals surface area contributed by atoms with Gasteiger partial charge in [0.25, 0.3) is 0 Å². The Morgan fingerprint density at radius 3 is 1.82 bits per heavy atom. The maximum atomic E-state index is 12.8. The van der Waals surface area contributed by atoms with Crippen LogP contribution in [-0.2, 0) is 61.6 Å². The van der Waals surface area contributed by atoms with Gasteiger partial charge in [0.15, 0.2) is 25.2 Å². The van der Waals surface area contributed by atoms with E-state index in [1.165, 1.54) is 12.7 Å². The molecule has 0 unspecified atom stereocenters. The molecule has 0 aromatic carbocycles. The van der Waals surface area contributed by atoms with Crippen molar-refractivity contribution in [1.82, 2.24) is 0 Å². The van der Waals surface area contributed by atoms with Gasteiger partial charge in [-0.2, -0.15) is 0 Å². The van der Waals surface area contributed by atoms with Crippen LogP contribution >= 0.6 is 0 Å². The first-order valence-electron chi connectivity index (χ1n) is 26.6. The standard InChI is InChI=1S/C53H86O19/c1-12-25(2)49(59)67-26(3)32-16-18-53(60)33-14-13-30-19-31(15-17-51(30,7)34(33)20-39(55)52(32,53)8)68-40-21-35(61-9)46(27(4)64-40)70-41-22-36(62-10)47(28(5)65-41)71-42-23-37(63-11)48(29(6)66-42)72-50-45(58)44(57)43(56)38(24-54)69-50/h12-13,26-29,31-48,50,54-58,60H,14-24H2,1-11H3/b25-12+/t26-,27-,28-,29-,31+,32-,33-,34-,35+,36+,37+,38-,39-,40+,41+,42+,43-,44+,45-,46+,47+,48-,50-,51+,52+,53+/m1/s1. The second-order valence-electron chi connectivity index (χ2n) is 22.6. The number of aliphatic hydroxyl groups is 6. The molecule has 3 saturated carbocycles. The van der Waals surface area contributed by atoms with E-state index in [2.05, 4.69) is 13.0 Å². The van der Waals surface area contributed by atoms with Crippen LogP contribution in [0.25, 0.3) is 0 Å². The van der Waals surface area contributed by atoms with Crippen LogP contribution < -0.4 is 0 Å². The number of esters is 1. The van der Waals surface area contributed by atoms with E-state index in [1.807, 2.05) is 34.6 Å². The Morgan fingerprint density at radius 1 is 0.750 bits per heavy atom. The van der Waals surface area contributed by atoms with Crippen LogP contribution in [0.5, 0.6) is 0 Å². The van der Waals surface area contributed by atoms with Crippen molar-refractivity contribution in [3.63, 3.8) is 0 Å². The third-order valence-corrected chi connectivity index (χ3v) is 18.9. The van der Waals surface area contributed by atoms with Crippen molar-refractivity contribution in [3.05, 3.63) is 23.3 Å². The fourth-order valence-corrected chi connectivity index (χ4v) is 14.4. The molecule has 0 aromatic rings. The summed E-state index contributed by atoms with van der Waals surface area (Å²) in [7, 11) is 4.80. The summed E-state index contributed by atoms with van der Waals surface area (Å²) in [5, 5.41) is 65.6. The summed E-state index contributed by atoms with van der Waals surface area (Å²) in [6.07, 6.45) is -4.98. The minimum absolute atomic E-state index is 0.0248. The molecule has 8 rings (SSSR count). The summed E-state index contributed by atoms with van der Waals surface area (Å²) in [6.45, 7) is 14.8. The fourth-order valence-electron chi connectivity index (χ4n) is 14.4. The van der Waals surface area contributed by atoms with Gasteiger partial charge in [-0.1, -0.05) is 31.6 Å². The summed E-state index contributed by atoms with van der Waals surface area (Å²) in [5.41, 5.74) is -0.256. The van der Waals surface area contributed by atoms with Crippen molar-refractivity contribution in [2.75, 3.05) is 27.9 Å². The van der Waals surface area contributed by atoms with Crippen LogP contribution in [-0.4, -0.2) is 193 Å². The van der Waals surface area contributed by atoms with E-state index in [-0.39, 0.29) is 47.8 Å². The van der Waals surface area contributed by atoms with Gasteiger partial charge in [-0.25, -0.2) is 4.79 Å². The number of methoxy groups -OCH3 is 3. The molecular weight excluding hydrogens is 941 g/mol. The smallest absolute Gasteiger partial charge is 0.333 e. The number of hydrogen-bond acceptors (Lipinski definition) is 19. The van der Waals surface area contributed by atoms with Gasteiger partial charge in [0.2, 0.25) is 0 Å². The average molecular weight is 1030 g/mol. The number of carbonyl (C=O) groups excluding carboxylic acids is 1. The second kappa shape index (κ2) is 22.7. The molecule has 4 saturated heterocycles. The van der Waals surface area contributed by atoms with Gasteiger partial charge < -0.3 is 87.5 Å². The maximum Gasteiger partial charge on any atom is 0.333 e. The van der Waals surface area contributed by atoms with Crippen LogP contribution in [0, 0.1) is 28.6 Å². The lowest BCUT2D eigenvalue weighted by Crippen LogP contribution is -2.66. The first kappa shape index (κ1) is 56.5. The largest absolute Gasteiger partial charge is 0.459 e. The third kappa shape index (κ3) is 10.4. The average Bonchev–Trinajstić information content (AvgIpc) is 3.65. The Balaban J connectivity index is 0.837. The Hall–Kier alpha value is -1.73. The van der Waals surface area contributed by atoms with Gasteiger partial charge in [-0.15, -0.1) is 0 Å². The van der Waals surface area contributed by atoms with E-state index >= 15 is 0 Å². The Labute approximate surface area is 425 Å². The lowest BCUT2D eigenvalue weighted by atomic mass is 9.45. The molecule has 8 aliphatic rings. The number of carbonyl (C=O) groups is 1. The molecule has 19 nitrogen and oxygen atoms in total. The number of aliphatic hydroxyl groups excluding tert-OH is 5. The van der Waals surface area contributed by atoms with Crippen molar-refractivity contribution in [2.45, 2.75) is 248 Å². The highest BCUT2D eigenvalue weighted by molar-refractivity contribution is 5.87. The predicted molar refractivity (Wildman–Crippen MR) is 256 cm³/mol. The molecule has 7 fully saturated rings. The molecule has 4 heterocycles. The van der Waals surface area contributed by atoms with Crippen LogP contribution in [0.15, 0.2) is 23.3 Å². The van der Waals surface area contributed by atoms with E-state index in [1.54, 1.807) is 34.1 Å². The molecule has 0 spiro atoms. The van der Waals surface area contributed by atoms with Crippen molar-refractivity contribution in [3.8, 4) is 0 Å². The van der Waals surface area contributed by atoms with Crippen molar-refractivity contribution < 1.29 is 92.3 Å². The molecule has 0 amide bonds. The molecule has 412 valence electrons. The minimum Gasteiger partial charge on any atom is -0.459 e. The van der Waals surface area contributed by atoms with Crippen LogP contribution in [0.3, 0.4) is 0 Å². The summed E-state index contributed by atoms with van der Waals surface area (Å²) in [4.78, 5) is 12.8. The van der Waals surface area contributed by atoms with Crippen LogP contribution in [0.2, 0.25) is 0 Å². The number of rotatable bonds is 15. The molecule has 26 atom stereocenters. The molecule has 0 radical (unpaired) electrons. The number of hydrogen-bond donors (Lipinski definition) is 6. The molecule has 19 heteroatoms. The van der Waals surface area contributed by atoms with Gasteiger partial charge >= 0.3 is 5.97 Å². The van der Waals surface area contributed by atoms with Gasteiger partial charge in [-0.05, 0) is 104 Å². The molecule has 72 heavy (non-hydrogen) atoms. The molecule has 0 bridgehead atoms. The Bertz CT molecular complexity index is 1900. The predicted octanol–water partition coefficient (Wildman–Crippen LogP) is 3.34. The zero-order valence-electron chi connectivity index (χ0n) is 44.2. The molecule has 4 aliphatic carbocycles. The highest BCUT2D eigenvalue weighted by atomic mass is 16.8. The summed E-state index contributed by atoms with van der Waals surface area (Å²) < 4.78 is 74.6. The Morgan fingerprint density at radius 2 is 1.29 bits per heavy atom. The number of ether oxygens (including phenoxy) is 12. The summed E-state index contributed by atoms with van der Waals surface area (Å²) in [5.74, 6) is -0.459. The summed E-state index contributed by atoms with van der Waals surface area (Å²) in [6, 6.07) is 0. The molecule has 0 aromatic heterocycles. The number of allylic oxidation sites excluding steroid dienone is 2. The monoisotopic (exact) mass is 1030 g/mol. The first-order chi connectivity index (χ1) is 34.1. The SMILES string of the molecule is C/C=C(\C)C(=O)O[C@H](C)[C@H]1CC[C@]2(O)[C@@H]3CC=C4C[C@@H](O[C@H]5C[C@H](OC)[C@@H](O[C@H]6C[C@H](OC)[C@@H](O[C@H]7C[C@H](OC)[C@H](O[C@H]8O[C@H](CO)[C@@H](O)[C@H](O)[C@H]8O)[C@@H](C)O7)[C@@H](C)O6)[C@@H](C)O5)CC[C@]4(C)[C@@H]3C[C@@H](O)[C@]12C. The lowest BCUT2D eigenvalue weighted by molar-refractivity contribution is -0.357. The van der Waals surface area contributed by atoms with E-state index < -0.39 is 128 Å². The molecule has 6 N–H and O–H groups in total. The Kier molecular flexibility index (Phi) is 17.8. The van der Waals surface area contributed by atoms with E-state index in [0.29, 0.717) is 37.7 Å².